The first kappa shape index (κ1) is 13.1. The van der Waals surface area contributed by atoms with Crippen molar-refractivity contribution in [2.24, 2.45) is 0 Å². The van der Waals surface area contributed by atoms with E-state index in [1.165, 1.54) is 6.07 Å². The van der Waals surface area contributed by atoms with Gasteiger partial charge in [-0.2, -0.15) is 5.10 Å². The number of aromatic amines is 1. The first-order chi connectivity index (χ1) is 9.54. The van der Waals surface area contributed by atoms with Gasteiger partial charge < -0.3 is 4.98 Å². The molecule has 104 valence electrons. The number of aromatic nitrogens is 4. The first-order valence-corrected chi connectivity index (χ1v) is 6.89. The van der Waals surface area contributed by atoms with Gasteiger partial charge in [-0.05, 0) is 45.1 Å². The van der Waals surface area contributed by atoms with Crippen LogP contribution < -0.4 is 0 Å². The van der Waals surface area contributed by atoms with Crippen molar-refractivity contribution in [3.8, 4) is 5.69 Å². The number of aryl methyl sites for hydroxylation is 2. The van der Waals surface area contributed by atoms with Gasteiger partial charge in [-0.15, -0.1) is 0 Å². The number of imidazole rings is 1. The molecule has 0 aliphatic carbocycles. The van der Waals surface area contributed by atoms with E-state index in [1.807, 2.05) is 29.2 Å². The zero-order chi connectivity index (χ0) is 14.4. The molecule has 2 aromatic heterocycles. The fraction of sp³-hybridized carbons (Fsp3) is 0.286. The summed E-state index contributed by atoms with van der Waals surface area (Å²) in [6.45, 7) is 6.43. The summed E-state index contributed by atoms with van der Waals surface area (Å²) in [5.74, 6) is -0.238. The molecule has 4 nitrogen and oxygen atoms in total. The molecule has 0 saturated carbocycles. The highest BCUT2D eigenvalue weighted by molar-refractivity contribution is 7.71. The van der Waals surface area contributed by atoms with Crippen molar-refractivity contribution >= 4 is 23.4 Å². The summed E-state index contributed by atoms with van der Waals surface area (Å²) < 4.78 is 18.1. The normalized spacial score (nSPS) is 11.4. The molecule has 0 saturated heterocycles. The number of nitrogens with zero attached hydrogens (tertiary/aromatic N) is 3. The molecular formula is C14H15FN4S. The van der Waals surface area contributed by atoms with E-state index in [1.54, 1.807) is 13.0 Å². The number of H-pyrrole nitrogens is 1. The number of nitrogens with one attached hydrogen (secondary N) is 1. The molecule has 0 unspecified atom stereocenters. The molecular weight excluding hydrogens is 275 g/mol. The van der Waals surface area contributed by atoms with Crippen LogP contribution in [-0.4, -0.2) is 19.3 Å². The van der Waals surface area contributed by atoms with Crippen molar-refractivity contribution in [3.05, 3.63) is 40.0 Å². The van der Waals surface area contributed by atoms with Gasteiger partial charge in [0.25, 0.3) is 0 Å². The summed E-state index contributed by atoms with van der Waals surface area (Å²) in [6.07, 6.45) is 0. The quantitative estimate of drug-likeness (QED) is 0.731. The lowest BCUT2D eigenvalue weighted by Gasteiger charge is -2.09. The zero-order valence-corrected chi connectivity index (χ0v) is 12.4. The number of halogens is 1. The Morgan fingerprint density at radius 2 is 2.10 bits per heavy atom. The summed E-state index contributed by atoms with van der Waals surface area (Å²) in [4.78, 5) is 3.17. The van der Waals surface area contributed by atoms with Crippen molar-refractivity contribution in [2.45, 2.75) is 27.3 Å². The lowest BCUT2D eigenvalue weighted by Crippen LogP contribution is -2.05. The maximum atomic E-state index is 13.8. The SMILES string of the molecule is CCn1nc(C)c2[nH]c(=S)n(-c3cccc(F)c3C)c21. The van der Waals surface area contributed by atoms with Crippen molar-refractivity contribution in [3.63, 3.8) is 0 Å². The van der Waals surface area contributed by atoms with Crippen LogP contribution in [0.4, 0.5) is 4.39 Å². The molecule has 6 heteroatoms. The van der Waals surface area contributed by atoms with Gasteiger partial charge in [-0.25, -0.2) is 9.07 Å². The zero-order valence-electron chi connectivity index (χ0n) is 11.6. The molecule has 0 fully saturated rings. The van der Waals surface area contributed by atoms with Gasteiger partial charge in [0.05, 0.1) is 11.4 Å². The summed E-state index contributed by atoms with van der Waals surface area (Å²) in [7, 11) is 0. The van der Waals surface area contributed by atoms with Crippen LogP contribution in [0.5, 0.6) is 0 Å². The minimum absolute atomic E-state index is 0.238. The Morgan fingerprint density at radius 1 is 1.35 bits per heavy atom. The third-order valence-electron chi connectivity index (χ3n) is 3.53. The smallest absolute Gasteiger partial charge is 0.184 e. The Morgan fingerprint density at radius 3 is 2.80 bits per heavy atom. The topological polar surface area (TPSA) is 38.5 Å². The van der Waals surface area contributed by atoms with Crippen LogP contribution >= 0.6 is 12.2 Å². The molecule has 0 bridgehead atoms. The average Bonchev–Trinajstić information content (AvgIpc) is 2.90. The van der Waals surface area contributed by atoms with Gasteiger partial charge in [-0.3, -0.25) is 4.57 Å². The van der Waals surface area contributed by atoms with E-state index in [-0.39, 0.29) is 5.82 Å². The minimum atomic E-state index is -0.238. The monoisotopic (exact) mass is 290 g/mol. The van der Waals surface area contributed by atoms with Crippen molar-refractivity contribution in [1.82, 2.24) is 19.3 Å². The first-order valence-electron chi connectivity index (χ1n) is 6.48. The largest absolute Gasteiger partial charge is 0.327 e. The molecule has 0 aliphatic heterocycles. The van der Waals surface area contributed by atoms with E-state index < -0.39 is 0 Å². The number of rotatable bonds is 2. The number of hydrogen-bond donors (Lipinski definition) is 1. The second kappa shape index (κ2) is 4.56. The van der Waals surface area contributed by atoms with Gasteiger partial charge in [0.2, 0.25) is 0 Å². The highest BCUT2D eigenvalue weighted by atomic mass is 32.1. The molecule has 3 aromatic rings. The highest BCUT2D eigenvalue weighted by Gasteiger charge is 2.17. The van der Waals surface area contributed by atoms with Gasteiger partial charge in [-0.1, -0.05) is 6.07 Å². The predicted octanol–water partition coefficient (Wildman–Crippen LogP) is 3.66. The second-order valence-corrected chi connectivity index (χ2v) is 5.14. The summed E-state index contributed by atoms with van der Waals surface area (Å²) in [6, 6.07) is 5.01. The molecule has 0 aliphatic rings. The molecule has 3 rings (SSSR count). The molecule has 1 aromatic carbocycles. The predicted molar refractivity (Wildman–Crippen MR) is 79.4 cm³/mol. The van der Waals surface area contributed by atoms with E-state index in [4.69, 9.17) is 12.2 Å². The number of fused-ring (bicyclic) bond motifs is 1. The molecule has 1 N–H and O–H groups in total. The molecule has 0 spiro atoms. The average molecular weight is 290 g/mol. The van der Waals surface area contributed by atoms with E-state index in [0.29, 0.717) is 10.3 Å². The molecule has 0 radical (unpaired) electrons. The van der Waals surface area contributed by atoms with Crippen molar-refractivity contribution in [2.75, 3.05) is 0 Å². The van der Waals surface area contributed by atoms with E-state index in [9.17, 15) is 4.39 Å². The third-order valence-corrected chi connectivity index (χ3v) is 3.81. The van der Waals surface area contributed by atoms with Gasteiger partial charge in [0.15, 0.2) is 10.4 Å². The standard InChI is InChI=1S/C14H15FN4S/c1-4-18-13-12(9(3)17-18)16-14(20)19(13)11-7-5-6-10(15)8(11)2/h5-7H,4H2,1-3H3,(H,16,20). The molecule has 2 heterocycles. The minimum Gasteiger partial charge on any atom is -0.327 e. The second-order valence-electron chi connectivity index (χ2n) is 4.75. The van der Waals surface area contributed by atoms with Crippen LogP contribution in [0, 0.1) is 24.4 Å². The lowest BCUT2D eigenvalue weighted by atomic mass is 10.2. The van der Waals surface area contributed by atoms with Crippen LogP contribution in [0.1, 0.15) is 18.2 Å². The number of hydrogen-bond acceptors (Lipinski definition) is 2. The Kier molecular flexibility index (Phi) is 2.97. The molecule has 0 atom stereocenters. The third kappa shape index (κ3) is 1.71. The summed E-state index contributed by atoms with van der Waals surface area (Å²) >= 11 is 5.40. The summed E-state index contributed by atoms with van der Waals surface area (Å²) in [5.41, 5.74) is 3.99. The van der Waals surface area contributed by atoms with Crippen molar-refractivity contribution < 1.29 is 4.39 Å². The van der Waals surface area contributed by atoms with Crippen molar-refractivity contribution in [1.29, 1.82) is 0 Å². The Labute approximate surface area is 120 Å². The number of benzene rings is 1. The summed E-state index contributed by atoms with van der Waals surface area (Å²) in [5, 5.41) is 4.47. The van der Waals surface area contributed by atoms with E-state index >= 15 is 0 Å². The molecule has 20 heavy (non-hydrogen) atoms. The highest BCUT2D eigenvalue weighted by Crippen LogP contribution is 2.25. The van der Waals surface area contributed by atoms with E-state index in [0.717, 1.165) is 29.1 Å². The lowest BCUT2D eigenvalue weighted by molar-refractivity contribution is 0.616. The van der Waals surface area contributed by atoms with Gasteiger partial charge in [0, 0.05) is 12.1 Å². The van der Waals surface area contributed by atoms with E-state index in [2.05, 4.69) is 10.1 Å². The van der Waals surface area contributed by atoms with Gasteiger partial charge in [0.1, 0.15) is 11.3 Å². The Hall–Kier alpha value is -1.95. The fourth-order valence-electron chi connectivity index (χ4n) is 2.48. The van der Waals surface area contributed by atoms with Crippen LogP contribution in [0.15, 0.2) is 18.2 Å². The van der Waals surface area contributed by atoms with Crippen LogP contribution in [0.3, 0.4) is 0 Å². The van der Waals surface area contributed by atoms with Gasteiger partial charge >= 0.3 is 0 Å². The Bertz CT molecular complexity index is 856. The maximum absolute atomic E-state index is 13.8. The van der Waals surface area contributed by atoms with Crippen LogP contribution in [0.25, 0.3) is 16.9 Å². The van der Waals surface area contributed by atoms with Crippen LogP contribution in [-0.2, 0) is 6.54 Å². The Balaban J connectivity index is 2.44. The van der Waals surface area contributed by atoms with Crippen LogP contribution in [0.2, 0.25) is 0 Å². The molecule has 0 amide bonds. The fourth-order valence-corrected chi connectivity index (χ4v) is 2.77. The maximum Gasteiger partial charge on any atom is 0.184 e.